The minimum atomic E-state index is -0.328. The molecule has 0 atom stereocenters. The van der Waals surface area contributed by atoms with Crippen LogP contribution in [0, 0.1) is 11.7 Å². The molecule has 0 aliphatic heterocycles. The van der Waals surface area contributed by atoms with Gasteiger partial charge in [0.2, 0.25) is 5.91 Å². The molecule has 1 amide bonds. The summed E-state index contributed by atoms with van der Waals surface area (Å²) in [5.41, 5.74) is 3.03. The lowest BCUT2D eigenvalue weighted by molar-refractivity contribution is -0.117. The highest BCUT2D eigenvalue weighted by Gasteiger charge is 2.29. The van der Waals surface area contributed by atoms with Crippen molar-refractivity contribution >= 4 is 39.9 Å². The maximum atomic E-state index is 13.6. The first-order valence-electron chi connectivity index (χ1n) is 8.35. The molecule has 2 aromatic carbocycles. The van der Waals surface area contributed by atoms with E-state index < -0.39 is 0 Å². The van der Waals surface area contributed by atoms with Crippen molar-refractivity contribution in [2.45, 2.75) is 12.8 Å². The Morgan fingerprint density at radius 1 is 1.22 bits per heavy atom. The molecular weight excluding hydrogens is 431 g/mol. The van der Waals surface area contributed by atoms with Gasteiger partial charge in [-0.05, 0) is 55.3 Å². The number of ether oxygens (including phenoxy) is 1. The van der Waals surface area contributed by atoms with Crippen LogP contribution in [0.2, 0.25) is 0 Å². The van der Waals surface area contributed by atoms with Crippen molar-refractivity contribution in [2.75, 3.05) is 12.4 Å². The van der Waals surface area contributed by atoms with Gasteiger partial charge in [0.1, 0.15) is 16.6 Å². The molecule has 0 radical (unpaired) electrons. The Bertz CT molecular complexity index is 955. The fraction of sp³-hybridized carbons (Fsp3) is 0.200. The van der Waals surface area contributed by atoms with Crippen LogP contribution in [0.3, 0.4) is 0 Å². The fourth-order valence-electron chi connectivity index (χ4n) is 2.70. The van der Waals surface area contributed by atoms with Gasteiger partial charge in [0.05, 0.1) is 12.8 Å². The molecule has 1 aliphatic rings. The Morgan fingerprint density at radius 3 is 2.63 bits per heavy atom. The molecule has 1 fully saturated rings. The number of carbonyl (C=O) groups is 1. The number of halogens is 2. The molecule has 4 nitrogen and oxygen atoms in total. The largest absolute Gasteiger partial charge is 0.496 e. The predicted octanol–water partition coefficient (Wildman–Crippen LogP) is 5.55. The summed E-state index contributed by atoms with van der Waals surface area (Å²) in [5.74, 6) is 0.525. The molecule has 140 valence electrons. The summed E-state index contributed by atoms with van der Waals surface area (Å²) in [7, 11) is 1.55. The van der Waals surface area contributed by atoms with Gasteiger partial charge in [0.25, 0.3) is 0 Å². The quantitative estimate of drug-likeness (QED) is 0.556. The number of nitrogens with zero attached hydrogens (tertiary/aromatic N) is 1. The minimum absolute atomic E-state index is 0. The summed E-state index contributed by atoms with van der Waals surface area (Å²) in [6, 6.07) is 12.0. The predicted molar refractivity (Wildman–Crippen MR) is 111 cm³/mol. The van der Waals surface area contributed by atoms with Gasteiger partial charge in [-0.2, -0.15) is 0 Å². The highest BCUT2D eigenvalue weighted by molar-refractivity contribution is 8.93. The first-order chi connectivity index (χ1) is 12.6. The van der Waals surface area contributed by atoms with Crippen LogP contribution in [0.25, 0.3) is 21.8 Å². The molecule has 0 spiro atoms. The number of hydrogen-bond donors (Lipinski definition) is 1. The number of hydrogen-bond acceptors (Lipinski definition) is 4. The lowest BCUT2D eigenvalue weighted by Crippen LogP contribution is -2.12. The lowest BCUT2D eigenvalue weighted by Gasteiger charge is -2.06. The zero-order chi connectivity index (χ0) is 18.1. The van der Waals surface area contributed by atoms with Crippen molar-refractivity contribution in [1.29, 1.82) is 0 Å². The van der Waals surface area contributed by atoms with E-state index in [0.29, 0.717) is 17.0 Å². The van der Waals surface area contributed by atoms with E-state index in [1.165, 1.54) is 23.5 Å². The first-order valence-corrected chi connectivity index (χ1v) is 9.23. The Balaban J connectivity index is 0.00000210. The van der Waals surface area contributed by atoms with Gasteiger partial charge in [-0.1, -0.05) is 0 Å². The van der Waals surface area contributed by atoms with Crippen molar-refractivity contribution in [1.82, 2.24) is 4.98 Å². The van der Waals surface area contributed by atoms with Crippen LogP contribution in [0.1, 0.15) is 12.8 Å². The number of amides is 1. The number of rotatable bonds is 5. The summed E-state index contributed by atoms with van der Waals surface area (Å²) >= 11 is 1.48. The van der Waals surface area contributed by atoms with Gasteiger partial charge in [-0.3, -0.25) is 4.79 Å². The van der Waals surface area contributed by atoms with Crippen molar-refractivity contribution < 1.29 is 13.9 Å². The summed E-state index contributed by atoms with van der Waals surface area (Å²) in [4.78, 5) is 16.4. The molecule has 1 aliphatic carbocycles. The Labute approximate surface area is 171 Å². The van der Waals surface area contributed by atoms with Crippen molar-refractivity contribution in [3.63, 3.8) is 0 Å². The molecule has 27 heavy (non-hydrogen) atoms. The van der Waals surface area contributed by atoms with Crippen LogP contribution in [0.5, 0.6) is 5.75 Å². The van der Waals surface area contributed by atoms with E-state index in [0.717, 1.165) is 29.1 Å². The summed E-state index contributed by atoms with van der Waals surface area (Å²) in [6.07, 6.45) is 1.96. The third-order valence-corrected chi connectivity index (χ3v) is 5.18. The molecule has 1 saturated carbocycles. The molecule has 7 heteroatoms. The maximum Gasteiger partial charge on any atom is 0.227 e. The van der Waals surface area contributed by atoms with Crippen LogP contribution >= 0.6 is 28.3 Å². The van der Waals surface area contributed by atoms with E-state index >= 15 is 0 Å². The second-order valence-corrected chi connectivity index (χ2v) is 7.08. The summed E-state index contributed by atoms with van der Waals surface area (Å²) in [5, 5.41) is 5.63. The van der Waals surface area contributed by atoms with Crippen LogP contribution in [-0.4, -0.2) is 18.0 Å². The third-order valence-electron chi connectivity index (χ3n) is 4.29. The van der Waals surface area contributed by atoms with Gasteiger partial charge in [0, 0.05) is 28.1 Å². The molecule has 4 rings (SSSR count). The molecular formula is C20H18BrFN2O2S. The van der Waals surface area contributed by atoms with E-state index in [1.54, 1.807) is 13.2 Å². The summed E-state index contributed by atoms with van der Waals surface area (Å²) in [6.45, 7) is 0. The van der Waals surface area contributed by atoms with E-state index in [2.05, 4.69) is 10.3 Å². The number of methoxy groups -OCH3 is 1. The number of benzene rings is 2. The number of thiazole rings is 1. The van der Waals surface area contributed by atoms with Gasteiger partial charge >= 0.3 is 0 Å². The van der Waals surface area contributed by atoms with Crippen LogP contribution in [0.15, 0.2) is 47.8 Å². The number of nitrogens with one attached hydrogen (secondary N) is 1. The number of aromatic nitrogens is 1. The molecule has 0 unspecified atom stereocenters. The second kappa shape index (κ2) is 8.19. The van der Waals surface area contributed by atoms with Crippen molar-refractivity contribution in [2.24, 2.45) is 5.92 Å². The van der Waals surface area contributed by atoms with Crippen LogP contribution in [0.4, 0.5) is 10.1 Å². The standard InChI is InChI=1S/C20H17FN2O2S.BrH/c1-25-18-9-6-14(21)10-16(18)17-11-26-20(23-17)13-4-7-15(8-5-13)22-19(24)12-2-3-12;/h4-12H,2-3H2,1H3,(H,22,24);1H. The van der Waals surface area contributed by atoms with Crippen molar-refractivity contribution in [3.8, 4) is 27.6 Å². The van der Waals surface area contributed by atoms with E-state index in [9.17, 15) is 9.18 Å². The van der Waals surface area contributed by atoms with Gasteiger partial charge in [-0.25, -0.2) is 9.37 Å². The average molecular weight is 449 g/mol. The zero-order valence-corrected chi connectivity index (χ0v) is 17.1. The Kier molecular flexibility index (Phi) is 5.92. The average Bonchev–Trinajstić information content (AvgIpc) is 3.40. The van der Waals surface area contributed by atoms with E-state index in [-0.39, 0.29) is 34.6 Å². The Hall–Kier alpha value is -2.25. The van der Waals surface area contributed by atoms with E-state index in [4.69, 9.17) is 4.74 Å². The summed E-state index contributed by atoms with van der Waals surface area (Å²) < 4.78 is 18.9. The SMILES string of the molecule is Br.COc1ccc(F)cc1-c1csc(-c2ccc(NC(=O)C3CC3)cc2)n1. The number of carbonyl (C=O) groups excluding carboxylic acids is 1. The molecule has 1 aromatic heterocycles. The lowest BCUT2D eigenvalue weighted by atomic mass is 10.1. The van der Waals surface area contributed by atoms with E-state index in [1.807, 2.05) is 29.6 Å². The van der Waals surface area contributed by atoms with Gasteiger partial charge in [-0.15, -0.1) is 28.3 Å². The molecule has 0 bridgehead atoms. The third kappa shape index (κ3) is 4.36. The maximum absolute atomic E-state index is 13.6. The zero-order valence-electron chi connectivity index (χ0n) is 14.6. The normalized spacial score (nSPS) is 13.0. The molecule has 0 saturated heterocycles. The highest BCUT2D eigenvalue weighted by atomic mass is 79.9. The van der Waals surface area contributed by atoms with Crippen molar-refractivity contribution in [3.05, 3.63) is 53.7 Å². The van der Waals surface area contributed by atoms with Crippen LogP contribution < -0.4 is 10.1 Å². The molecule has 3 aromatic rings. The molecule has 1 N–H and O–H groups in total. The Morgan fingerprint density at radius 2 is 1.96 bits per heavy atom. The molecule has 1 heterocycles. The smallest absolute Gasteiger partial charge is 0.227 e. The monoisotopic (exact) mass is 448 g/mol. The highest BCUT2D eigenvalue weighted by Crippen LogP contribution is 2.35. The fourth-order valence-corrected chi connectivity index (χ4v) is 3.52. The van der Waals surface area contributed by atoms with Gasteiger partial charge < -0.3 is 10.1 Å². The topological polar surface area (TPSA) is 51.2 Å². The number of anilines is 1. The van der Waals surface area contributed by atoms with Crippen LogP contribution in [-0.2, 0) is 4.79 Å². The van der Waals surface area contributed by atoms with Gasteiger partial charge in [0.15, 0.2) is 0 Å². The second-order valence-electron chi connectivity index (χ2n) is 6.22. The minimum Gasteiger partial charge on any atom is -0.496 e. The first kappa shape index (κ1) is 19.5.